The van der Waals surface area contributed by atoms with Gasteiger partial charge in [0.2, 0.25) is 5.91 Å². The molecule has 4 N–H and O–H groups in total. The van der Waals surface area contributed by atoms with Crippen molar-refractivity contribution in [2.45, 2.75) is 25.2 Å². The van der Waals surface area contributed by atoms with E-state index < -0.39 is 0 Å². The quantitative estimate of drug-likeness (QED) is 0.445. The summed E-state index contributed by atoms with van der Waals surface area (Å²) in [5.41, 5.74) is 4.82. The minimum absolute atomic E-state index is 0.0811. The lowest BCUT2D eigenvalue weighted by molar-refractivity contribution is -0.121. The Morgan fingerprint density at radius 2 is 2.29 bits per heavy atom. The van der Waals surface area contributed by atoms with Crippen LogP contribution in [0.2, 0.25) is 0 Å². The number of amides is 1. The third-order valence-electron chi connectivity index (χ3n) is 4.37. The fraction of sp³-hybridized carbons (Fsp3) is 0.438. The van der Waals surface area contributed by atoms with E-state index in [2.05, 4.69) is 45.8 Å². The number of carbonyl (C=O) groups excluding carboxylic acids is 1. The van der Waals surface area contributed by atoms with E-state index in [1.165, 1.54) is 22.9 Å². The smallest absolute Gasteiger partial charge is 0.233 e. The van der Waals surface area contributed by atoms with Crippen molar-refractivity contribution in [3.05, 3.63) is 36.0 Å². The van der Waals surface area contributed by atoms with Gasteiger partial charge in [0.05, 0.1) is 0 Å². The van der Waals surface area contributed by atoms with Crippen molar-refractivity contribution in [1.29, 1.82) is 0 Å². The zero-order valence-corrected chi connectivity index (χ0v) is 12.1. The average molecular weight is 286 g/mol. The third-order valence-corrected chi connectivity index (χ3v) is 4.37. The van der Waals surface area contributed by atoms with Crippen molar-refractivity contribution in [3.8, 4) is 0 Å². The number of rotatable bonds is 5. The van der Waals surface area contributed by atoms with Gasteiger partial charge in [-0.3, -0.25) is 10.2 Å². The standard InChI is InChI=1S/C16H22N4O/c17-19-16(21)6-3-8-20-9-7-12(11-20)14-10-18-15-5-2-1-4-13(14)15/h1-2,4-5,10,12,18H,3,6-9,11,17H2,(H,19,21). The first-order valence-electron chi connectivity index (χ1n) is 7.55. The summed E-state index contributed by atoms with van der Waals surface area (Å²) in [6, 6.07) is 8.47. The number of H-pyrrole nitrogens is 1. The Bertz CT molecular complexity index is 622. The highest BCUT2D eigenvalue weighted by molar-refractivity contribution is 5.83. The predicted molar refractivity (Wildman–Crippen MR) is 83.7 cm³/mol. The Kier molecular flexibility index (Phi) is 4.22. The zero-order valence-electron chi connectivity index (χ0n) is 12.1. The highest BCUT2D eigenvalue weighted by Gasteiger charge is 2.25. The van der Waals surface area contributed by atoms with Crippen LogP contribution in [0, 0.1) is 0 Å². The summed E-state index contributed by atoms with van der Waals surface area (Å²) in [6.07, 6.45) is 4.71. The predicted octanol–water partition coefficient (Wildman–Crippen LogP) is 1.73. The summed E-state index contributed by atoms with van der Waals surface area (Å²) in [5.74, 6) is 5.60. The number of fused-ring (bicyclic) bond motifs is 1. The largest absolute Gasteiger partial charge is 0.361 e. The lowest BCUT2D eigenvalue weighted by atomic mass is 9.98. The van der Waals surface area contributed by atoms with Crippen LogP contribution in [0.15, 0.2) is 30.5 Å². The molecule has 1 aromatic carbocycles. The van der Waals surface area contributed by atoms with E-state index >= 15 is 0 Å². The maximum atomic E-state index is 11.1. The summed E-state index contributed by atoms with van der Waals surface area (Å²) < 4.78 is 0. The van der Waals surface area contributed by atoms with Gasteiger partial charge in [0.15, 0.2) is 0 Å². The van der Waals surface area contributed by atoms with Gasteiger partial charge in [0, 0.05) is 30.1 Å². The molecular weight excluding hydrogens is 264 g/mol. The highest BCUT2D eigenvalue weighted by Crippen LogP contribution is 2.32. The normalized spacial score (nSPS) is 19.2. The molecule has 1 atom stereocenters. The molecule has 0 saturated carbocycles. The minimum Gasteiger partial charge on any atom is -0.361 e. The molecule has 5 heteroatoms. The van der Waals surface area contributed by atoms with Crippen molar-refractivity contribution < 1.29 is 4.79 Å². The molecule has 1 aliphatic rings. The van der Waals surface area contributed by atoms with Crippen LogP contribution in [0.4, 0.5) is 0 Å². The fourth-order valence-corrected chi connectivity index (χ4v) is 3.26. The third kappa shape index (κ3) is 3.09. The maximum Gasteiger partial charge on any atom is 0.233 e. The minimum atomic E-state index is -0.0811. The molecule has 21 heavy (non-hydrogen) atoms. The molecule has 1 fully saturated rings. The first-order valence-corrected chi connectivity index (χ1v) is 7.55. The highest BCUT2D eigenvalue weighted by atomic mass is 16.2. The summed E-state index contributed by atoms with van der Waals surface area (Å²) in [4.78, 5) is 16.9. The first kappa shape index (κ1) is 14.1. The van der Waals surface area contributed by atoms with Crippen LogP contribution in [0.3, 0.4) is 0 Å². The number of nitrogens with zero attached hydrogens (tertiary/aromatic N) is 1. The van der Waals surface area contributed by atoms with Crippen molar-refractivity contribution in [2.24, 2.45) is 5.84 Å². The summed E-state index contributed by atoms with van der Waals surface area (Å²) in [6.45, 7) is 3.15. The first-order chi connectivity index (χ1) is 10.3. The van der Waals surface area contributed by atoms with E-state index in [-0.39, 0.29) is 5.91 Å². The Morgan fingerprint density at radius 1 is 1.43 bits per heavy atom. The van der Waals surface area contributed by atoms with Crippen LogP contribution in [0.25, 0.3) is 10.9 Å². The lowest BCUT2D eigenvalue weighted by Gasteiger charge is -2.15. The number of aromatic nitrogens is 1. The lowest BCUT2D eigenvalue weighted by Crippen LogP contribution is -2.31. The second-order valence-corrected chi connectivity index (χ2v) is 5.75. The molecule has 2 heterocycles. The van der Waals surface area contributed by atoms with Gasteiger partial charge >= 0.3 is 0 Å². The number of hydrogen-bond donors (Lipinski definition) is 3. The van der Waals surface area contributed by atoms with E-state index in [4.69, 9.17) is 5.84 Å². The maximum absolute atomic E-state index is 11.1. The van der Waals surface area contributed by atoms with E-state index in [1.807, 2.05) is 0 Å². The molecule has 0 radical (unpaired) electrons. The molecule has 1 amide bonds. The SMILES string of the molecule is NNC(=O)CCCN1CCC(c2c[nH]c3ccccc23)C1. The van der Waals surface area contributed by atoms with Crippen molar-refractivity contribution in [1.82, 2.24) is 15.3 Å². The molecular formula is C16H22N4O. The van der Waals surface area contributed by atoms with Crippen molar-refractivity contribution in [3.63, 3.8) is 0 Å². The van der Waals surface area contributed by atoms with Gasteiger partial charge in [0.1, 0.15) is 0 Å². The number of hydrogen-bond acceptors (Lipinski definition) is 3. The number of likely N-dealkylation sites (tertiary alicyclic amines) is 1. The number of nitrogens with two attached hydrogens (primary N) is 1. The zero-order chi connectivity index (χ0) is 14.7. The van der Waals surface area contributed by atoms with Crippen LogP contribution in [-0.2, 0) is 4.79 Å². The molecule has 5 nitrogen and oxygen atoms in total. The second kappa shape index (κ2) is 6.28. The molecule has 112 valence electrons. The van der Waals surface area contributed by atoms with Gasteiger partial charge in [0.25, 0.3) is 0 Å². The van der Waals surface area contributed by atoms with Crippen LogP contribution in [0.5, 0.6) is 0 Å². The van der Waals surface area contributed by atoms with Crippen molar-refractivity contribution >= 4 is 16.8 Å². The fourth-order valence-electron chi connectivity index (χ4n) is 3.26. The summed E-state index contributed by atoms with van der Waals surface area (Å²) in [5, 5.41) is 1.34. The van der Waals surface area contributed by atoms with Crippen molar-refractivity contribution in [2.75, 3.05) is 19.6 Å². The Hall–Kier alpha value is -1.85. The number of benzene rings is 1. The summed E-state index contributed by atoms with van der Waals surface area (Å²) >= 11 is 0. The topological polar surface area (TPSA) is 74.2 Å². The number of aromatic amines is 1. The average Bonchev–Trinajstić information content (AvgIpc) is 3.13. The molecule has 1 saturated heterocycles. The van der Waals surface area contributed by atoms with Crippen LogP contribution in [-0.4, -0.2) is 35.4 Å². The molecule has 1 aliphatic heterocycles. The van der Waals surface area contributed by atoms with Crippen LogP contribution < -0.4 is 11.3 Å². The van der Waals surface area contributed by atoms with E-state index in [9.17, 15) is 4.79 Å². The number of para-hydroxylation sites is 1. The molecule has 0 bridgehead atoms. The van der Waals surface area contributed by atoms with E-state index in [0.717, 1.165) is 26.1 Å². The van der Waals surface area contributed by atoms with Gasteiger partial charge in [-0.05, 0) is 43.5 Å². The molecule has 0 spiro atoms. The number of nitrogens with one attached hydrogen (secondary N) is 2. The van der Waals surface area contributed by atoms with Gasteiger partial charge in [-0.15, -0.1) is 0 Å². The summed E-state index contributed by atoms with van der Waals surface area (Å²) in [7, 11) is 0. The second-order valence-electron chi connectivity index (χ2n) is 5.75. The molecule has 1 aromatic heterocycles. The monoisotopic (exact) mass is 286 g/mol. The number of carbonyl (C=O) groups is 1. The molecule has 3 rings (SSSR count). The van der Waals surface area contributed by atoms with Gasteiger partial charge in [-0.2, -0.15) is 0 Å². The van der Waals surface area contributed by atoms with Gasteiger partial charge in [-0.1, -0.05) is 18.2 Å². The Labute approximate surface area is 124 Å². The molecule has 1 unspecified atom stereocenters. The molecule has 2 aromatic rings. The Balaban J connectivity index is 1.58. The Morgan fingerprint density at radius 3 is 3.14 bits per heavy atom. The van der Waals surface area contributed by atoms with E-state index in [0.29, 0.717) is 12.3 Å². The van der Waals surface area contributed by atoms with E-state index in [1.54, 1.807) is 0 Å². The van der Waals surface area contributed by atoms with Crippen LogP contribution >= 0.6 is 0 Å². The number of hydrazine groups is 1. The van der Waals surface area contributed by atoms with Crippen LogP contribution in [0.1, 0.15) is 30.7 Å². The molecule has 0 aliphatic carbocycles. The van der Waals surface area contributed by atoms with Gasteiger partial charge in [-0.25, -0.2) is 5.84 Å². The van der Waals surface area contributed by atoms with Gasteiger partial charge < -0.3 is 9.88 Å².